The van der Waals surface area contributed by atoms with Gasteiger partial charge in [-0.3, -0.25) is 9.59 Å². The Balaban J connectivity index is 1.91. The minimum atomic E-state index is -0.701. The molecular weight excluding hydrogens is 432 g/mol. The highest BCUT2D eigenvalue weighted by Crippen LogP contribution is 2.29. The van der Waals surface area contributed by atoms with Gasteiger partial charge in [0.1, 0.15) is 5.75 Å². The average molecular weight is 454 g/mol. The molecule has 0 aromatic heterocycles. The Bertz CT molecular complexity index is 809. The number of ether oxygens (including phenoxy) is 1. The van der Waals surface area contributed by atoms with Crippen LogP contribution in [0.25, 0.3) is 0 Å². The SMILES string of the molecule is CC(C)CC(=O)Nc1ccc(NC(=O)C(C)Oc2ccc(Cl)cc2Br)cc1. The molecule has 1 atom stereocenters. The summed E-state index contributed by atoms with van der Waals surface area (Å²) >= 11 is 9.26. The van der Waals surface area contributed by atoms with Gasteiger partial charge in [-0.15, -0.1) is 0 Å². The zero-order valence-electron chi connectivity index (χ0n) is 15.4. The van der Waals surface area contributed by atoms with Crippen LogP contribution < -0.4 is 15.4 Å². The van der Waals surface area contributed by atoms with Crippen molar-refractivity contribution in [2.24, 2.45) is 5.92 Å². The molecule has 5 nitrogen and oxygen atoms in total. The summed E-state index contributed by atoms with van der Waals surface area (Å²) in [4.78, 5) is 24.1. The quantitative estimate of drug-likeness (QED) is 0.582. The van der Waals surface area contributed by atoms with E-state index in [0.717, 1.165) is 0 Å². The van der Waals surface area contributed by atoms with E-state index in [1.807, 2.05) is 13.8 Å². The van der Waals surface area contributed by atoms with Gasteiger partial charge >= 0.3 is 0 Å². The topological polar surface area (TPSA) is 67.4 Å². The van der Waals surface area contributed by atoms with Gasteiger partial charge in [-0.2, -0.15) is 0 Å². The second kappa shape index (κ2) is 9.76. The second-order valence-corrected chi connectivity index (χ2v) is 7.84. The predicted molar refractivity (Wildman–Crippen MR) is 112 cm³/mol. The van der Waals surface area contributed by atoms with Crippen molar-refractivity contribution in [2.75, 3.05) is 10.6 Å². The van der Waals surface area contributed by atoms with Crippen molar-refractivity contribution < 1.29 is 14.3 Å². The highest BCUT2D eigenvalue weighted by molar-refractivity contribution is 9.10. The molecule has 144 valence electrons. The number of carbonyl (C=O) groups is 2. The minimum Gasteiger partial charge on any atom is -0.480 e. The molecule has 2 rings (SSSR count). The number of anilines is 2. The van der Waals surface area contributed by atoms with Crippen LogP contribution in [0.3, 0.4) is 0 Å². The van der Waals surface area contributed by atoms with Crippen LogP contribution in [-0.2, 0) is 9.59 Å². The molecule has 7 heteroatoms. The fourth-order valence-corrected chi connectivity index (χ4v) is 3.05. The van der Waals surface area contributed by atoms with E-state index in [9.17, 15) is 9.59 Å². The predicted octanol–water partition coefficient (Wildman–Crippen LogP) is 5.49. The maximum Gasteiger partial charge on any atom is 0.265 e. The van der Waals surface area contributed by atoms with Crippen LogP contribution in [0.1, 0.15) is 27.2 Å². The summed E-state index contributed by atoms with van der Waals surface area (Å²) in [7, 11) is 0. The van der Waals surface area contributed by atoms with Crippen molar-refractivity contribution in [1.82, 2.24) is 0 Å². The number of nitrogens with one attached hydrogen (secondary N) is 2. The Morgan fingerprint density at radius 3 is 2.19 bits per heavy atom. The summed E-state index contributed by atoms with van der Waals surface area (Å²) in [6, 6.07) is 12.0. The fraction of sp³-hybridized carbons (Fsp3) is 0.300. The summed E-state index contributed by atoms with van der Waals surface area (Å²) in [6.07, 6.45) is -0.235. The molecule has 27 heavy (non-hydrogen) atoms. The number of hydrogen-bond acceptors (Lipinski definition) is 3. The lowest BCUT2D eigenvalue weighted by atomic mass is 10.1. The number of benzene rings is 2. The van der Waals surface area contributed by atoms with E-state index in [0.29, 0.717) is 39.0 Å². The van der Waals surface area contributed by atoms with Crippen LogP contribution >= 0.6 is 27.5 Å². The normalized spacial score (nSPS) is 11.8. The first-order valence-electron chi connectivity index (χ1n) is 8.57. The summed E-state index contributed by atoms with van der Waals surface area (Å²) in [6.45, 7) is 5.64. The monoisotopic (exact) mass is 452 g/mol. The third-order valence-corrected chi connectivity index (χ3v) is 4.45. The molecule has 2 N–H and O–H groups in total. The van der Waals surface area contributed by atoms with Crippen molar-refractivity contribution in [3.05, 3.63) is 52.0 Å². The van der Waals surface area contributed by atoms with Crippen LogP contribution in [0.5, 0.6) is 5.75 Å². The molecule has 0 saturated carbocycles. The number of amides is 2. The second-order valence-electron chi connectivity index (χ2n) is 6.55. The molecule has 1 unspecified atom stereocenters. The first kappa shape index (κ1) is 21.3. The summed E-state index contributed by atoms with van der Waals surface area (Å²) in [5, 5.41) is 6.19. The molecular formula is C20H22BrClN2O3. The molecule has 0 aliphatic rings. The largest absolute Gasteiger partial charge is 0.480 e. The molecule has 0 aliphatic heterocycles. The summed E-state index contributed by atoms with van der Waals surface area (Å²) < 4.78 is 6.35. The van der Waals surface area contributed by atoms with Gasteiger partial charge in [0.25, 0.3) is 5.91 Å². The number of rotatable bonds is 7. The van der Waals surface area contributed by atoms with Gasteiger partial charge in [-0.1, -0.05) is 25.4 Å². The molecule has 0 bridgehead atoms. The third kappa shape index (κ3) is 6.88. The van der Waals surface area contributed by atoms with Crippen LogP contribution in [-0.4, -0.2) is 17.9 Å². The Kier molecular flexibility index (Phi) is 7.68. The van der Waals surface area contributed by atoms with Gasteiger partial charge < -0.3 is 15.4 Å². The number of hydrogen-bond donors (Lipinski definition) is 2. The summed E-state index contributed by atoms with van der Waals surface area (Å²) in [5.74, 6) is 0.516. The maximum absolute atomic E-state index is 12.3. The van der Waals surface area contributed by atoms with E-state index in [1.165, 1.54) is 0 Å². The van der Waals surface area contributed by atoms with Crippen LogP contribution in [0.15, 0.2) is 46.9 Å². The van der Waals surface area contributed by atoms with Gasteiger partial charge in [0.2, 0.25) is 5.91 Å². The Labute approximate surface area is 172 Å². The highest BCUT2D eigenvalue weighted by Gasteiger charge is 2.16. The van der Waals surface area contributed by atoms with E-state index < -0.39 is 6.10 Å². The Morgan fingerprint density at radius 1 is 1.04 bits per heavy atom. The van der Waals surface area contributed by atoms with Gasteiger partial charge in [0, 0.05) is 22.8 Å². The zero-order valence-corrected chi connectivity index (χ0v) is 17.7. The highest BCUT2D eigenvalue weighted by atomic mass is 79.9. The third-order valence-electron chi connectivity index (χ3n) is 3.60. The first-order chi connectivity index (χ1) is 12.7. The standard InChI is InChI=1S/C20H22BrClN2O3/c1-12(2)10-19(25)23-15-5-7-16(8-6-15)24-20(26)13(3)27-18-9-4-14(22)11-17(18)21/h4-9,11-13H,10H2,1-3H3,(H,23,25)(H,24,26). The lowest BCUT2D eigenvalue weighted by Crippen LogP contribution is -2.30. The van der Waals surface area contributed by atoms with Crippen LogP contribution in [0.2, 0.25) is 5.02 Å². The summed E-state index contributed by atoms with van der Waals surface area (Å²) in [5.41, 5.74) is 1.31. The Hall–Kier alpha value is -2.05. The van der Waals surface area contributed by atoms with Gasteiger partial charge in [0.15, 0.2) is 6.10 Å². The van der Waals surface area contributed by atoms with E-state index in [2.05, 4.69) is 26.6 Å². The zero-order chi connectivity index (χ0) is 20.0. The average Bonchev–Trinajstić information content (AvgIpc) is 2.58. The molecule has 0 fully saturated rings. The molecule has 0 saturated heterocycles. The van der Waals surface area contributed by atoms with E-state index in [-0.39, 0.29) is 11.8 Å². The molecule has 2 amide bonds. The van der Waals surface area contributed by atoms with Gasteiger partial charge in [-0.25, -0.2) is 0 Å². The maximum atomic E-state index is 12.3. The first-order valence-corrected chi connectivity index (χ1v) is 9.74. The Morgan fingerprint density at radius 2 is 1.63 bits per heavy atom. The van der Waals surface area contributed by atoms with E-state index in [4.69, 9.17) is 16.3 Å². The van der Waals surface area contributed by atoms with Gasteiger partial charge in [0.05, 0.1) is 4.47 Å². The van der Waals surface area contributed by atoms with E-state index >= 15 is 0 Å². The minimum absolute atomic E-state index is 0.0302. The lowest BCUT2D eigenvalue weighted by molar-refractivity contribution is -0.122. The lowest BCUT2D eigenvalue weighted by Gasteiger charge is -2.16. The molecule has 2 aromatic carbocycles. The number of halogens is 2. The number of carbonyl (C=O) groups excluding carboxylic acids is 2. The molecule has 0 heterocycles. The van der Waals surface area contributed by atoms with Crippen molar-refractivity contribution in [1.29, 1.82) is 0 Å². The molecule has 0 aliphatic carbocycles. The smallest absolute Gasteiger partial charge is 0.265 e. The van der Waals surface area contributed by atoms with Crippen LogP contribution in [0, 0.1) is 5.92 Å². The molecule has 2 aromatic rings. The fourth-order valence-electron chi connectivity index (χ4n) is 2.28. The van der Waals surface area contributed by atoms with Crippen molar-refractivity contribution in [3.8, 4) is 5.75 Å². The van der Waals surface area contributed by atoms with Crippen molar-refractivity contribution in [3.63, 3.8) is 0 Å². The van der Waals surface area contributed by atoms with Crippen LogP contribution in [0.4, 0.5) is 11.4 Å². The van der Waals surface area contributed by atoms with E-state index in [1.54, 1.807) is 49.4 Å². The van der Waals surface area contributed by atoms with Crippen molar-refractivity contribution in [2.45, 2.75) is 33.3 Å². The molecule has 0 radical (unpaired) electrons. The van der Waals surface area contributed by atoms with Gasteiger partial charge in [-0.05, 0) is 71.2 Å². The molecule has 0 spiro atoms. The van der Waals surface area contributed by atoms with Crippen molar-refractivity contribution >= 4 is 50.7 Å².